The van der Waals surface area contributed by atoms with Crippen molar-refractivity contribution in [1.29, 1.82) is 0 Å². The lowest BCUT2D eigenvalue weighted by molar-refractivity contribution is -0.384. The van der Waals surface area contributed by atoms with E-state index in [0.717, 1.165) is 12.3 Å². The molecule has 0 bridgehead atoms. The van der Waals surface area contributed by atoms with Gasteiger partial charge in [-0.25, -0.2) is 4.79 Å². The predicted octanol–water partition coefficient (Wildman–Crippen LogP) is 1.05. The topological polar surface area (TPSA) is 146 Å². The maximum atomic E-state index is 12.0. The zero-order valence-electron chi connectivity index (χ0n) is 11.7. The van der Waals surface area contributed by atoms with E-state index in [4.69, 9.17) is 0 Å². The Bertz CT molecular complexity index is 737. The zero-order chi connectivity index (χ0) is 17.0. The number of aliphatic carboxylic acids is 1. The molecule has 9 heteroatoms. The van der Waals surface area contributed by atoms with E-state index < -0.39 is 22.8 Å². The molecule has 4 N–H and O–H groups in total. The summed E-state index contributed by atoms with van der Waals surface area (Å²) >= 11 is 0. The SMILES string of the molecule is O=C(N[C@@H](Cc1ccc(O)cc1)C(=O)O)c1cc([N+](=O)[O-])c[nH]1. The average Bonchev–Trinajstić information content (AvgIpc) is 2.98. The first-order valence-corrected chi connectivity index (χ1v) is 6.51. The van der Waals surface area contributed by atoms with Crippen molar-refractivity contribution in [3.8, 4) is 5.75 Å². The fraction of sp³-hybridized carbons (Fsp3) is 0.143. The number of nitrogens with one attached hydrogen (secondary N) is 2. The van der Waals surface area contributed by atoms with E-state index in [9.17, 15) is 29.9 Å². The Balaban J connectivity index is 2.09. The van der Waals surface area contributed by atoms with Crippen LogP contribution in [0.1, 0.15) is 16.1 Å². The molecular formula is C14H13N3O6. The highest BCUT2D eigenvalue weighted by Gasteiger charge is 2.23. The number of carboxylic acid groups (broad SMARTS) is 1. The van der Waals surface area contributed by atoms with Crippen LogP contribution >= 0.6 is 0 Å². The molecule has 1 atom stereocenters. The number of amides is 1. The van der Waals surface area contributed by atoms with Crippen LogP contribution in [0.15, 0.2) is 36.5 Å². The van der Waals surface area contributed by atoms with Gasteiger partial charge in [-0.1, -0.05) is 12.1 Å². The van der Waals surface area contributed by atoms with Crippen molar-refractivity contribution in [2.75, 3.05) is 0 Å². The molecule has 0 unspecified atom stereocenters. The predicted molar refractivity (Wildman–Crippen MR) is 78.1 cm³/mol. The highest BCUT2D eigenvalue weighted by molar-refractivity contribution is 5.95. The number of nitrogens with zero attached hydrogens (tertiary/aromatic N) is 1. The first kappa shape index (κ1) is 16.0. The van der Waals surface area contributed by atoms with Crippen LogP contribution in [0.5, 0.6) is 5.75 Å². The molecule has 1 aromatic carbocycles. The molecule has 0 spiro atoms. The molecule has 0 saturated heterocycles. The van der Waals surface area contributed by atoms with E-state index in [1.807, 2.05) is 0 Å². The first-order valence-electron chi connectivity index (χ1n) is 6.51. The molecule has 0 saturated carbocycles. The second-order valence-electron chi connectivity index (χ2n) is 4.76. The van der Waals surface area contributed by atoms with Crippen molar-refractivity contribution in [2.24, 2.45) is 0 Å². The molecule has 1 heterocycles. The Morgan fingerprint density at radius 3 is 2.48 bits per heavy atom. The number of H-pyrrole nitrogens is 1. The number of aromatic amines is 1. The van der Waals surface area contributed by atoms with Gasteiger partial charge in [0.25, 0.3) is 11.6 Å². The maximum absolute atomic E-state index is 12.0. The maximum Gasteiger partial charge on any atom is 0.326 e. The number of benzene rings is 1. The number of aromatic nitrogens is 1. The molecule has 120 valence electrons. The smallest absolute Gasteiger partial charge is 0.326 e. The van der Waals surface area contributed by atoms with Crippen LogP contribution in [-0.4, -0.2) is 38.0 Å². The first-order chi connectivity index (χ1) is 10.9. The van der Waals surface area contributed by atoms with E-state index in [1.165, 1.54) is 24.3 Å². The van der Waals surface area contributed by atoms with Crippen LogP contribution in [0.3, 0.4) is 0 Å². The largest absolute Gasteiger partial charge is 0.508 e. The van der Waals surface area contributed by atoms with Gasteiger partial charge in [-0.05, 0) is 17.7 Å². The number of phenols is 1. The highest BCUT2D eigenvalue weighted by atomic mass is 16.6. The third-order valence-corrected chi connectivity index (χ3v) is 3.10. The molecule has 2 rings (SSSR count). The van der Waals surface area contributed by atoms with Crippen molar-refractivity contribution in [3.05, 3.63) is 57.9 Å². The normalized spacial score (nSPS) is 11.7. The van der Waals surface area contributed by atoms with Crippen LogP contribution in [-0.2, 0) is 11.2 Å². The summed E-state index contributed by atoms with van der Waals surface area (Å²) in [5, 5.41) is 31.3. The lowest BCUT2D eigenvalue weighted by Gasteiger charge is -2.14. The fourth-order valence-corrected chi connectivity index (χ4v) is 1.92. The number of rotatable bonds is 6. The van der Waals surface area contributed by atoms with Gasteiger partial charge in [0.1, 0.15) is 17.5 Å². The molecule has 2 aromatic rings. The van der Waals surface area contributed by atoms with Crippen LogP contribution in [0.25, 0.3) is 0 Å². The Kier molecular flexibility index (Phi) is 4.60. The summed E-state index contributed by atoms with van der Waals surface area (Å²) in [4.78, 5) is 35.6. The molecule has 1 amide bonds. The summed E-state index contributed by atoms with van der Waals surface area (Å²) in [7, 11) is 0. The summed E-state index contributed by atoms with van der Waals surface area (Å²) in [6, 6.07) is 5.70. The van der Waals surface area contributed by atoms with Gasteiger partial charge in [0.2, 0.25) is 0 Å². The van der Waals surface area contributed by atoms with E-state index in [-0.39, 0.29) is 23.6 Å². The van der Waals surface area contributed by atoms with Crippen LogP contribution in [0.2, 0.25) is 0 Å². The standard InChI is InChI=1S/C14H13N3O6/c18-10-3-1-8(2-4-10)5-12(14(20)21)16-13(19)11-6-9(7-15-11)17(22)23/h1-4,6-7,12,15,18H,5H2,(H,16,19)(H,20,21)/t12-/m0/s1. The summed E-state index contributed by atoms with van der Waals surface area (Å²) in [5.41, 5.74) is 0.210. The Hall–Kier alpha value is -3.36. The number of carbonyl (C=O) groups is 2. The minimum Gasteiger partial charge on any atom is -0.508 e. The molecule has 23 heavy (non-hydrogen) atoms. The van der Waals surface area contributed by atoms with E-state index in [0.29, 0.717) is 5.56 Å². The molecule has 0 aliphatic carbocycles. The van der Waals surface area contributed by atoms with Crippen molar-refractivity contribution in [1.82, 2.24) is 10.3 Å². The van der Waals surface area contributed by atoms with Gasteiger partial charge in [0, 0.05) is 12.5 Å². The molecule has 0 aliphatic rings. The number of phenolic OH excluding ortho intramolecular Hbond substituents is 1. The van der Waals surface area contributed by atoms with Crippen LogP contribution < -0.4 is 5.32 Å². The third kappa shape index (κ3) is 4.06. The van der Waals surface area contributed by atoms with E-state index in [1.54, 1.807) is 0 Å². The summed E-state index contributed by atoms with van der Waals surface area (Å²) in [5.74, 6) is -1.96. The molecule has 0 aliphatic heterocycles. The lowest BCUT2D eigenvalue weighted by Crippen LogP contribution is -2.42. The van der Waals surface area contributed by atoms with Gasteiger partial charge in [-0.15, -0.1) is 0 Å². The van der Waals surface area contributed by atoms with Crippen molar-refractivity contribution >= 4 is 17.6 Å². The Morgan fingerprint density at radius 2 is 1.96 bits per heavy atom. The van der Waals surface area contributed by atoms with Crippen molar-refractivity contribution in [3.63, 3.8) is 0 Å². The molecule has 9 nitrogen and oxygen atoms in total. The van der Waals surface area contributed by atoms with E-state index >= 15 is 0 Å². The van der Waals surface area contributed by atoms with Crippen molar-refractivity contribution in [2.45, 2.75) is 12.5 Å². The number of carboxylic acids is 1. The summed E-state index contributed by atoms with van der Waals surface area (Å²) in [6.07, 6.45) is 1.05. The number of hydrogen-bond acceptors (Lipinski definition) is 5. The number of nitro groups is 1. The number of aromatic hydroxyl groups is 1. The van der Waals surface area contributed by atoms with E-state index in [2.05, 4.69) is 10.3 Å². The lowest BCUT2D eigenvalue weighted by atomic mass is 10.1. The average molecular weight is 319 g/mol. The third-order valence-electron chi connectivity index (χ3n) is 3.10. The molecular weight excluding hydrogens is 306 g/mol. The minimum absolute atomic E-state index is 0.00412. The van der Waals surface area contributed by atoms with Crippen LogP contribution in [0.4, 0.5) is 5.69 Å². The molecule has 0 fully saturated rings. The van der Waals surface area contributed by atoms with Crippen molar-refractivity contribution < 1.29 is 24.7 Å². The molecule has 0 radical (unpaired) electrons. The van der Waals surface area contributed by atoms with Gasteiger partial charge >= 0.3 is 5.97 Å². The second-order valence-corrected chi connectivity index (χ2v) is 4.76. The second kappa shape index (κ2) is 6.60. The molecule has 1 aromatic heterocycles. The van der Waals surface area contributed by atoms with Crippen LogP contribution in [0, 0.1) is 10.1 Å². The van der Waals surface area contributed by atoms with Gasteiger partial charge in [0.05, 0.1) is 11.1 Å². The summed E-state index contributed by atoms with van der Waals surface area (Å²) < 4.78 is 0. The quantitative estimate of drug-likeness (QED) is 0.462. The minimum atomic E-state index is -1.24. The highest BCUT2D eigenvalue weighted by Crippen LogP contribution is 2.14. The number of hydrogen-bond donors (Lipinski definition) is 4. The van der Waals surface area contributed by atoms with Gasteiger partial charge in [0.15, 0.2) is 0 Å². The Labute approximate surface area is 129 Å². The fourth-order valence-electron chi connectivity index (χ4n) is 1.92. The van der Waals surface area contributed by atoms with Gasteiger partial charge < -0.3 is 20.5 Å². The van der Waals surface area contributed by atoms with Gasteiger partial charge in [-0.3, -0.25) is 14.9 Å². The van der Waals surface area contributed by atoms with Gasteiger partial charge in [-0.2, -0.15) is 0 Å². The monoisotopic (exact) mass is 319 g/mol. The summed E-state index contributed by atoms with van der Waals surface area (Å²) in [6.45, 7) is 0. The Morgan fingerprint density at radius 1 is 1.30 bits per heavy atom. The number of carbonyl (C=O) groups excluding carboxylic acids is 1. The zero-order valence-corrected chi connectivity index (χ0v) is 11.7.